The summed E-state index contributed by atoms with van der Waals surface area (Å²) in [6, 6.07) is 7.18. The van der Waals surface area contributed by atoms with Gasteiger partial charge in [0.1, 0.15) is 11.5 Å². The first-order valence-electron chi connectivity index (χ1n) is 5.73. The van der Waals surface area contributed by atoms with Gasteiger partial charge in [0, 0.05) is 22.4 Å². The number of nitrogens with two attached hydrogens (primary N) is 1. The van der Waals surface area contributed by atoms with E-state index in [9.17, 15) is 0 Å². The molecule has 0 bridgehead atoms. The molecule has 0 aliphatic carbocycles. The molecule has 0 aliphatic rings. The summed E-state index contributed by atoms with van der Waals surface area (Å²) in [5.41, 5.74) is 8.06. The van der Waals surface area contributed by atoms with Crippen LogP contribution in [-0.4, -0.2) is 19.2 Å². The second-order valence-electron chi connectivity index (χ2n) is 4.02. The highest BCUT2D eigenvalue weighted by molar-refractivity contribution is 9.10. The van der Waals surface area contributed by atoms with E-state index >= 15 is 0 Å². The molecule has 0 spiro atoms. The first kappa shape index (κ1) is 13.8. The molecule has 1 heterocycles. The standard InChI is InChI=1S/C14H15BrN2O2/c1-18-11-3-4-13(19-2)12(6-11)14(16)9-5-10(15)8-17-7-9/h3-8,14H,16H2,1-2H3. The maximum Gasteiger partial charge on any atom is 0.124 e. The van der Waals surface area contributed by atoms with Crippen LogP contribution in [0.4, 0.5) is 0 Å². The van der Waals surface area contributed by atoms with Gasteiger partial charge in [-0.05, 0) is 45.8 Å². The van der Waals surface area contributed by atoms with Crippen molar-refractivity contribution in [2.75, 3.05) is 14.2 Å². The number of benzene rings is 1. The zero-order valence-corrected chi connectivity index (χ0v) is 12.3. The Kier molecular flexibility index (Phi) is 4.39. The molecule has 2 aromatic rings. The third-order valence-corrected chi connectivity index (χ3v) is 3.29. The Morgan fingerprint density at radius 3 is 2.58 bits per heavy atom. The molecule has 1 atom stereocenters. The van der Waals surface area contributed by atoms with Crippen molar-refractivity contribution in [2.24, 2.45) is 5.73 Å². The lowest BCUT2D eigenvalue weighted by Crippen LogP contribution is -2.13. The molecule has 1 unspecified atom stereocenters. The predicted molar refractivity (Wildman–Crippen MR) is 77.5 cm³/mol. The SMILES string of the molecule is COc1ccc(OC)c(C(N)c2cncc(Br)c2)c1. The van der Waals surface area contributed by atoms with Crippen molar-refractivity contribution < 1.29 is 9.47 Å². The topological polar surface area (TPSA) is 57.4 Å². The maximum atomic E-state index is 6.29. The van der Waals surface area contributed by atoms with E-state index in [2.05, 4.69) is 20.9 Å². The van der Waals surface area contributed by atoms with Gasteiger partial charge in [0.15, 0.2) is 0 Å². The molecule has 2 rings (SSSR count). The van der Waals surface area contributed by atoms with E-state index in [1.807, 2.05) is 24.3 Å². The quantitative estimate of drug-likeness (QED) is 0.940. The average molecular weight is 323 g/mol. The normalized spacial score (nSPS) is 12.0. The molecule has 5 heteroatoms. The highest BCUT2D eigenvalue weighted by atomic mass is 79.9. The largest absolute Gasteiger partial charge is 0.497 e. The number of ether oxygens (including phenoxy) is 2. The van der Waals surface area contributed by atoms with Gasteiger partial charge in [-0.25, -0.2) is 0 Å². The highest BCUT2D eigenvalue weighted by Gasteiger charge is 2.15. The number of hydrogen-bond acceptors (Lipinski definition) is 4. The minimum atomic E-state index is -0.324. The van der Waals surface area contributed by atoms with Crippen LogP contribution in [0.2, 0.25) is 0 Å². The molecule has 4 nitrogen and oxygen atoms in total. The van der Waals surface area contributed by atoms with Crippen molar-refractivity contribution in [3.05, 3.63) is 52.3 Å². The van der Waals surface area contributed by atoms with Crippen LogP contribution >= 0.6 is 15.9 Å². The van der Waals surface area contributed by atoms with Crippen molar-refractivity contribution in [2.45, 2.75) is 6.04 Å². The van der Waals surface area contributed by atoms with Crippen molar-refractivity contribution in [3.63, 3.8) is 0 Å². The average Bonchev–Trinajstić information content (AvgIpc) is 2.45. The summed E-state index contributed by atoms with van der Waals surface area (Å²) in [5, 5.41) is 0. The van der Waals surface area contributed by atoms with E-state index in [0.717, 1.165) is 27.1 Å². The van der Waals surface area contributed by atoms with E-state index in [1.54, 1.807) is 26.6 Å². The molecule has 1 aromatic heterocycles. The van der Waals surface area contributed by atoms with Crippen LogP contribution in [0.25, 0.3) is 0 Å². The van der Waals surface area contributed by atoms with Crippen LogP contribution in [0.15, 0.2) is 41.1 Å². The maximum absolute atomic E-state index is 6.29. The van der Waals surface area contributed by atoms with Crippen LogP contribution in [0.1, 0.15) is 17.2 Å². The summed E-state index contributed by atoms with van der Waals surface area (Å²) < 4.78 is 11.5. The second kappa shape index (κ2) is 6.04. The molecule has 0 saturated heterocycles. The summed E-state index contributed by atoms with van der Waals surface area (Å²) in [7, 11) is 3.25. The van der Waals surface area contributed by atoms with Crippen LogP contribution in [0.5, 0.6) is 11.5 Å². The number of methoxy groups -OCH3 is 2. The monoisotopic (exact) mass is 322 g/mol. The third-order valence-electron chi connectivity index (χ3n) is 2.86. The fourth-order valence-corrected chi connectivity index (χ4v) is 2.24. The van der Waals surface area contributed by atoms with Gasteiger partial charge in [-0.2, -0.15) is 0 Å². The van der Waals surface area contributed by atoms with Gasteiger partial charge in [0.2, 0.25) is 0 Å². The lowest BCUT2D eigenvalue weighted by atomic mass is 10.00. The number of aromatic nitrogens is 1. The Morgan fingerprint density at radius 1 is 1.16 bits per heavy atom. The van der Waals surface area contributed by atoms with Crippen molar-refractivity contribution in [3.8, 4) is 11.5 Å². The second-order valence-corrected chi connectivity index (χ2v) is 4.94. The lowest BCUT2D eigenvalue weighted by molar-refractivity contribution is 0.397. The van der Waals surface area contributed by atoms with Crippen LogP contribution in [-0.2, 0) is 0 Å². The summed E-state index contributed by atoms with van der Waals surface area (Å²) in [6.45, 7) is 0. The molecule has 0 radical (unpaired) electrons. The van der Waals surface area contributed by atoms with Crippen molar-refractivity contribution in [1.82, 2.24) is 4.98 Å². The molecule has 0 aliphatic heterocycles. The fourth-order valence-electron chi connectivity index (χ4n) is 1.86. The van der Waals surface area contributed by atoms with Gasteiger partial charge in [-0.3, -0.25) is 4.98 Å². The number of nitrogens with zero attached hydrogens (tertiary/aromatic N) is 1. The van der Waals surface area contributed by atoms with E-state index in [1.165, 1.54) is 0 Å². The smallest absolute Gasteiger partial charge is 0.124 e. The Hall–Kier alpha value is -1.59. The number of hydrogen-bond donors (Lipinski definition) is 1. The van der Waals surface area contributed by atoms with Crippen molar-refractivity contribution in [1.29, 1.82) is 0 Å². The van der Waals surface area contributed by atoms with E-state index < -0.39 is 0 Å². The van der Waals surface area contributed by atoms with Gasteiger partial charge in [-0.1, -0.05) is 0 Å². The Balaban J connectivity index is 2.44. The number of pyridine rings is 1. The molecule has 19 heavy (non-hydrogen) atoms. The van der Waals surface area contributed by atoms with E-state index in [4.69, 9.17) is 15.2 Å². The summed E-state index contributed by atoms with van der Waals surface area (Å²) in [6.07, 6.45) is 3.47. The minimum Gasteiger partial charge on any atom is -0.497 e. The lowest BCUT2D eigenvalue weighted by Gasteiger charge is -2.17. The van der Waals surface area contributed by atoms with E-state index in [-0.39, 0.29) is 6.04 Å². The van der Waals surface area contributed by atoms with Crippen LogP contribution in [0, 0.1) is 0 Å². The summed E-state index contributed by atoms with van der Waals surface area (Å²) in [4.78, 5) is 4.13. The van der Waals surface area contributed by atoms with Crippen molar-refractivity contribution >= 4 is 15.9 Å². The molecule has 2 N–H and O–H groups in total. The fraction of sp³-hybridized carbons (Fsp3) is 0.214. The molecular formula is C14H15BrN2O2. The van der Waals surface area contributed by atoms with Gasteiger partial charge in [-0.15, -0.1) is 0 Å². The molecule has 100 valence electrons. The Morgan fingerprint density at radius 2 is 1.95 bits per heavy atom. The first-order chi connectivity index (χ1) is 9.15. The minimum absolute atomic E-state index is 0.324. The summed E-state index contributed by atoms with van der Waals surface area (Å²) >= 11 is 3.39. The van der Waals surface area contributed by atoms with Gasteiger partial charge < -0.3 is 15.2 Å². The van der Waals surface area contributed by atoms with Crippen LogP contribution < -0.4 is 15.2 Å². The van der Waals surface area contributed by atoms with Gasteiger partial charge in [0.05, 0.1) is 20.3 Å². The molecule has 1 aromatic carbocycles. The van der Waals surface area contributed by atoms with Gasteiger partial charge in [0.25, 0.3) is 0 Å². The molecular weight excluding hydrogens is 308 g/mol. The summed E-state index contributed by atoms with van der Waals surface area (Å²) in [5.74, 6) is 1.47. The van der Waals surface area contributed by atoms with Crippen LogP contribution in [0.3, 0.4) is 0 Å². The molecule has 0 amide bonds. The van der Waals surface area contributed by atoms with E-state index in [0.29, 0.717) is 0 Å². The molecule has 0 saturated carbocycles. The predicted octanol–water partition coefficient (Wildman–Crippen LogP) is 2.91. The number of halogens is 1. The zero-order chi connectivity index (χ0) is 13.8. The third kappa shape index (κ3) is 3.05. The highest BCUT2D eigenvalue weighted by Crippen LogP contribution is 2.32. The first-order valence-corrected chi connectivity index (χ1v) is 6.53. The Bertz CT molecular complexity index is 575. The Labute approximate surface area is 120 Å². The molecule has 0 fully saturated rings. The van der Waals surface area contributed by atoms with Gasteiger partial charge >= 0.3 is 0 Å². The zero-order valence-electron chi connectivity index (χ0n) is 10.8. The number of rotatable bonds is 4.